The van der Waals surface area contributed by atoms with Gasteiger partial charge in [0.15, 0.2) is 0 Å². The minimum Gasteiger partial charge on any atom is -0.337 e. The van der Waals surface area contributed by atoms with Crippen molar-refractivity contribution in [2.45, 2.75) is 51.0 Å². The maximum absolute atomic E-state index is 5.30. The number of aromatic nitrogens is 4. The molecule has 4 nitrogen and oxygen atoms in total. The van der Waals surface area contributed by atoms with Crippen molar-refractivity contribution >= 4 is 38.8 Å². The monoisotopic (exact) mass is 620 g/mol. The maximum atomic E-state index is 5.30. The molecule has 0 spiro atoms. The number of rotatable bonds is 4. The first-order valence-corrected chi connectivity index (χ1v) is 17.5. The Morgan fingerprint density at radius 3 is 2.31 bits per heavy atom. The van der Waals surface area contributed by atoms with Crippen LogP contribution in [0.3, 0.4) is 0 Å². The van der Waals surface area contributed by atoms with E-state index in [0.717, 1.165) is 60.2 Å². The average molecular weight is 621 g/mol. The number of hydrogen-bond acceptors (Lipinski definition) is 2. The van der Waals surface area contributed by atoms with Crippen molar-refractivity contribution in [3.8, 4) is 28.3 Å². The predicted octanol–water partition coefficient (Wildman–Crippen LogP) is 10.8. The van der Waals surface area contributed by atoms with Gasteiger partial charge >= 0.3 is 0 Å². The lowest BCUT2D eigenvalue weighted by molar-refractivity contribution is 0.599. The molecule has 1 unspecified atom stereocenters. The molecule has 4 aromatic carbocycles. The van der Waals surface area contributed by atoms with Crippen molar-refractivity contribution in [2.75, 3.05) is 0 Å². The molecule has 0 saturated heterocycles. The number of allylic oxidation sites excluding steroid dienone is 5. The molecule has 10 rings (SSSR count). The minimum atomic E-state index is 0.376. The molecule has 0 bridgehead atoms. The Morgan fingerprint density at radius 1 is 0.625 bits per heavy atom. The highest BCUT2D eigenvalue weighted by Crippen LogP contribution is 2.41. The van der Waals surface area contributed by atoms with Crippen molar-refractivity contribution in [1.29, 1.82) is 0 Å². The largest absolute Gasteiger partial charge is 0.337 e. The summed E-state index contributed by atoms with van der Waals surface area (Å²) in [4.78, 5) is 10.5. The van der Waals surface area contributed by atoms with Gasteiger partial charge in [-0.1, -0.05) is 97.1 Å². The first kappa shape index (κ1) is 27.6. The zero-order valence-electron chi connectivity index (χ0n) is 26.9. The summed E-state index contributed by atoms with van der Waals surface area (Å²) >= 11 is 0. The van der Waals surface area contributed by atoms with E-state index < -0.39 is 0 Å². The Hall–Kier alpha value is -5.48. The lowest BCUT2D eigenvalue weighted by Crippen LogP contribution is -2.11. The first-order valence-electron chi connectivity index (χ1n) is 17.5. The van der Waals surface area contributed by atoms with Crippen LogP contribution >= 0.6 is 0 Å². The Balaban J connectivity index is 1.14. The summed E-state index contributed by atoms with van der Waals surface area (Å²) in [6.07, 6.45) is 21.5. The van der Waals surface area contributed by atoms with E-state index in [9.17, 15) is 0 Å². The van der Waals surface area contributed by atoms with Crippen LogP contribution in [0.5, 0.6) is 0 Å². The molecular weight excluding hydrogens is 585 g/mol. The molecule has 48 heavy (non-hydrogen) atoms. The van der Waals surface area contributed by atoms with Crippen LogP contribution in [0.25, 0.3) is 67.1 Å². The van der Waals surface area contributed by atoms with Crippen LogP contribution in [0.1, 0.15) is 54.2 Å². The van der Waals surface area contributed by atoms with Crippen LogP contribution in [0.15, 0.2) is 121 Å². The van der Waals surface area contributed by atoms with E-state index in [4.69, 9.17) is 9.97 Å². The van der Waals surface area contributed by atoms with Gasteiger partial charge in [0.2, 0.25) is 5.95 Å². The molecule has 0 radical (unpaired) electrons. The fourth-order valence-corrected chi connectivity index (χ4v) is 8.51. The highest BCUT2D eigenvalue weighted by molar-refractivity contribution is 5.98. The summed E-state index contributed by atoms with van der Waals surface area (Å²) in [5.74, 6) is 0.765. The van der Waals surface area contributed by atoms with Crippen LogP contribution < -0.4 is 0 Å². The van der Waals surface area contributed by atoms with Crippen molar-refractivity contribution in [1.82, 2.24) is 19.1 Å². The van der Waals surface area contributed by atoms with Crippen molar-refractivity contribution in [2.24, 2.45) is 0 Å². The molecule has 3 aromatic heterocycles. The third-order valence-electron chi connectivity index (χ3n) is 10.7. The zero-order chi connectivity index (χ0) is 31.6. The quantitative estimate of drug-likeness (QED) is 0.196. The smallest absolute Gasteiger partial charge is 0.235 e. The average Bonchev–Trinajstić information content (AvgIpc) is 3.67. The molecule has 3 heterocycles. The highest BCUT2D eigenvalue weighted by atomic mass is 15.2. The second kappa shape index (κ2) is 11.1. The molecule has 1 atom stereocenters. The van der Waals surface area contributed by atoms with Gasteiger partial charge in [-0.3, -0.25) is 4.57 Å². The van der Waals surface area contributed by atoms with Gasteiger partial charge < -0.3 is 4.57 Å². The van der Waals surface area contributed by atoms with Crippen molar-refractivity contribution < 1.29 is 0 Å². The Kier molecular flexibility index (Phi) is 6.36. The number of nitrogens with zero attached hydrogens (tertiary/aromatic N) is 4. The van der Waals surface area contributed by atoms with Crippen molar-refractivity contribution in [3.63, 3.8) is 0 Å². The lowest BCUT2D eigenvalue weighted by atomic mass is 9.94. The molecule has 0 N–H and O–H groups in total. The van der Waals surface area contributed by atoms with Crippen LogP contribution in [0, 0.1) is 0 Å². The van der Waals surface area contributed by atoms with Crippen LogP contribution in [0.4, 0.5) is 0 Å². The van der Waals surface area contributed by atoms with Crippen LogP contribution in [-0.4, -0.2) is 19.1 Å². The van der Waals surface area contributed by atoms with E-state index in [1.807, 2.05) is 0 Å². The molecule has 4 heteroatoms. The van der Waals surface area contributed by atoms with Gasteiger partial charge in [-0.15, -0.1) is 0 Å². The molecule has 3 aliphatic rings. The molecule has 232 valence electrons. The highest BCUT2D eigenvalue weighted by Gasteiger charge is 2.25. The van der Waals surface area contributed by atoms with Gasteiger partial charge in [0.1, 0.15) is 0 Å². The molecule has 0 aliphatic heterocycles. The van der Waals surface area contributed by atoms with Crippen LogP contribution in [-0.2, 0) is 19.3 Å². The normalized spacial score (nSPS) is 17.0. The number of hydrogen-bond donors (Lipinski definition) is 0. The molecule has 0 fully saturated rings. The zero-order valence-corrected chi connectivity index (χ0v) is 26.9. The van der Waals surface area contributed by atoms with Crippen molar-refractivity contribution in [3.05, 3.63) is 144 Å². The third-order valence-corrected chi connectivity index (χ3v) is 10.7. The van der Waals surface area contributed by atoms with E-state index >= 15 is 0 Å². The molecule has 0 saturated carbocycles. The summed E-state index contributed by atoms with van der Waals surface area (Å²) in [5.41, 5.74) is 13.8. The van der Waals surface area contributed by atoms with Crippen LogP contribution in [0.2, 0.25) is 0 Å². The number of para-hydroxylation sites is 1. The fraction of sp³-hybridized carbons (Fsp3) is 0.182. The molecule has 0 amide bonds. The summed E-state index contributed by atoms with van der Waals surface area (Å²) in [6, 6.07) is 33.5. The van der Waals surface area contributed by atoms with E-state index in [-0.39, 0.29) is 0 Å². The number of fused-ring (bicyclic) bond motifs is 7. The fourth-order valence-electron chi connectivity index (χ4n) is 8.51. The second-order valence-electron chi connectivity index (χ2n) is 13.5. The standard InChI is InChI=1S/C44H36N4/c1-3-13-29(14-4-1)43-35-19-7-10-20-38(35)45-44(46-43)48-40-22-12-9-18-34(40)37-28-31(24-26-42(37)48)30-23-25-41-36(27-30)33-17-8-11-21-39(33)47(41)32-15-5-2-6-16-32/h1-8,10,13-15,17,19-20,23-28,32H,9,11-12,16,18,21-22H2. The van der Waals surface area contributed by atoms with Gasteiger partial charge in [-0.2, -0.15) is 0 Å². The Bertz CT molecular complexity index is 2490. The Morgan fingerprint density at radius 2 is 1.44 bits per heavy atom. The molecular formula is C44H36N4. The van der Waals surface area contributed by atoms with E-state index in [1.165, 1.54) is 68.3 Å². The lowest BCUT2D eigenvalue weighted by Gasteiger charge is -2.21. The van der Waals surface area contributed by atoms with E-state index in [0.29, 0.717) is 6.04 Å². The summed E-state index contributed by atoms with van der Waals surface area (Å²) in [5, 5.41) is 3.77. The Labute approximate surface area is 280 Å². The molecule has 3 aliphatic carbocycles. The number of aryl methyl sites for hydroxylation is 1. The summed E-state index contributed by atoms with van der Waals surface area (Å²) in [7, 11) is 0. The van der Waals surface area contributed by atoms with Gasteiger partial charge in [0, 0.05) is 44.2 Å². The predicted molar refractivity (Wildman–Crippen MR) is 199 cm³/mol. The van der Waals surface area contributed by atoms with E-state index in [2.05, 4.69) is 137 Å². The summed E-state index contributed by atoms with van der Waals surface area (Å²) < 4.78 is 4.97. The minimum absolute atomic E-state index is 0.376. The third kappa shape index (κ3) is 4.29. The first-order chi connectivity index (χ1) is 23.8. The van der Waals surface area contributed by atoms with Gasteiger partial charge in [-0.05, 0) is 92.0 Å². The number of benzene rings is 4. The molecule has 7 aromatic rings. The maximum Gasteiger partial charge on any atom is 0.235 e. The second-order valence-corrected chi connectivity index (χ2v) is 13.5. The van der Waals surface area contributed by atoms with Gasteiger partial charge in [0.25, 0.3) is 0 Å². The van der Waals surface area contributed by atoms with E-state index in [1.54, 1.807) is 0 Å². The van der Waals surface area contributed by atoms with Gasteiger partial charge in [-0.25, -0.2) is 9.97 Å². The topological polar surface area (TPSA) is 35.6 Å². The van der Waals surface area contributed by atoms with Gasteiger partial charge in [0.05, 0.1) is 22.8 Å². The summed E-state index contributed by atoms with van der Waals surface area (Å²) in [6.45, 7) is 0. The SMILES string of the molecule is C1=CCC(n2c3c(c4cc(-c5ccc6c(c5)c5c(n6-c6nc(-c7ccccc7)c7ccccc7n6)CCCC5)ccc42)C=CCC3)C=C1.